The topological polar surface area (TPSA) is 8.17 Å². The molecule has 0 radical (unpaired) electrons. The summed E-state index contributed by atoms with van der Waals surface area (Å²) in [5.41, 5.74) is 19.5. The first-order valence-corrected chi connectivity index (χ1v) is 20.5. The number of aromatic nitrogens is 1. The van der Waals surface area contributed by atoms with Gasteiger partial charge in [0.15, 0.2) is 0 Å². The van der Waals surface area contributed by atoms with Crippen LogP contribution in [0.15, 0.2) is 218 Å². The van der Waals surface area contributed by atoms with Crippen molar-refractivity contribution in [2.45, 2.75) is 19.3 Å². The molecule has 1 aliphatic rings. The second-order valence-corrected chi connectivity index (χ2v) is 16.1. The van der Waals surface area contributed by atoms with Crippen molar-refractivity contribution < 1.29 is 0 Å². The molecule has 0 fully saturated rings. The minimum absolute atomic E-state index is 0.0849. The van der Waals surface area contributed by atoms with Gasteiger partial charge in [0.2, 0.25) is 0 Å². The minimum Gasteiger partial charge on any atom is -0.310 e. The highest BCUT2D eigenvalue weighted by Gasteiger charge is 2.35. The Kier molecular flexibility index (Phi) is 8.20. The van der Waals surface area contributed by atoms with E-state index >= 15 is 0 Å². The molecule has 280 valence electrons. The Balaban J connectivity index is 1.01. The average Bonchev–Trinajstić information content (AvgIpc) is 3.76. The summed E-state index contributed by atoms with van der Waals surface area (Å²) < 4.78 is 2.45. The summed E-state index contributed by atoms with van der Waals surface area (Å²) in [5.74, 6) is 0. The van der Waals surface area contributed by atoms with E-state index in [2.05, 4.69) is 242 Å². The molecule has 0 saturated carbocycles. The van der Waals surface area contributed by atoms with Crippen molar-refractivity contribution in [2.24, 2.45) is 0 Å². The SMILES string of the molecule is CC1(C)c2ccccc2-c2ccc(N(c3ccccc3)c3ccc(-c4ccccc4-n4c5ccccc5c5c(-c6ccc(-c7ccccc7)cc6)cccc54)cc3)cc21. The predicted octanol–water partition coefficient (Wildman–Crippen LogP) is 15.6. The first-order valence-electron chi connectivity index (χ1n) is 20.5. The molecule has 2 nitrogen and oxygen atoms in total. The highest BCUT2D eigenvalue weighted by molar-refractivity contribution is 6.16. The third-order valence-electron chi connectivity index (χ3n) is 12.4. The smallest absolute Gasteiger partial charge is 0.0547 e. The summed E-state index contributed by atoms with van der Waals surface area (Å²) in [5, 5.41) is 2.51. The number of hydrogen-bond donors (Lipinski definition) is 0. The van der Waals surface area contributed by atoms with Crippen molar-refractivity contribution in [3.63, 3.8) is 0 Å². The van der Waals surface area contributed by atoms with Crippen molar-refractivity contribution in [3.05, 3.63) is 230 Å². The molecule has 1 aromatic heterocycles. The molecular formula is C57H42N2. The van der Waals surface area contributed by atoms with Crippen LogP contribution in [-0.2, 0) is 5.41 Å². The van der Waals surface area contributed by atoms with Gasteiger partial charge in [-0.05, 0) is 105 Å². The number of benzene rings is 9. The normalized spacial score (nSPS) is 12.7. The van der Waals surface area contributed by atoms with Crippen LogP contribution in [0.2, 0.25) is 0 Å². The van der Waals surface area contributed by atoms with Crippen LogP contribution in [-0.4, -0.2) is 4.57 Å². The molecule has 0 bridgehead atoms. The van der Waals surface area contributed by atoms with Crippen LogP contribution in [0.4, 0.5) is 17.1 Å². The van der Waals surface area contributed by atoms with Gasteiger partial charge in [-0.25, -0.2) is 0 Å². The maximum atomic E-state index is 2.45. The molecule has 59 heavy (non-hydrogen) atoms. The van der Waals surface area contributed by atoms with Crippen LogP contribution in [0, 0.1) is 0 Å². The lowest BCUT2D eigenvalue weighted by Crippen LogP contribution is -2.16. The third kappa shape index (κ3) is 5.71. The molecule has 0 saturated heterocycles. The average molecular weight is 755 g/mol. The van der Waals surface area contributed by atoms with Gasteiger partial charge >= 0.3 is 0 Å². The zero-order valence-electron chi connectivity index (χ0n) is 33.2. The molecular weight excluding hydrogens is 713 g/mol. The molecule has 9 aromatic carbocycles. The molecule has 1 heterocycles. The van der Waals surface area contributed by atoms with E-state index in [0.717, 1.165) is 22.7 Å². The second-order valence-electron chi connectivity index (χ2n) is 16.1. The number of nitrogens with zero attached hydrogens (tertiary/aromatic N) is 2. The summed E-state index contributed by atoms with van der Waals surface area (Å²) in [6.07, 6.45) is 0. The van der Waals surface area contributed by atoms with E-state index in [1.54, 1.807) is 0 Å². The Hall–Kier alpha value is -7.42. The molecule has 1 aliphatic carbocycles. The van der Waals surface area contributed by atoms with E-state index < -0.39 is 0 Å². The number of anilines is 3. The molecule has 0 unspecified atom stereocenters. The molecule has 0 N–H and O–H groups in total. The molecule has 0 spiro atoms. The summed E-state index contributed by atoms with van der Waals surface area (Å²) >= 11 is 0. The first-order chi connectivity index (χ1) is 29.0. The standard InChI is InChI=1S/C57H42N2/c1-57(2)51-24-12-9-21-48(51)49-37-36-45(38-52(49)57)58(43-18-7-4-8-19-43)44-34-32-41(33-35-44)46-20-10-13-25-53(46)59-54-26-14-11-22-50(54)56-47(23-15-27-55(56)59)42-30-28-40(29-31-42)39-16-5-3-6-17-39/h3-38H,1-2H3. The Morgan fingerprint density at radius 1 is 0.356 bits per heavy atom. The number of para-hydroxylation sites is 3. The second kappa shape index (κ2) is 13.9. The number of hydrogen-bond acceptors (Lipinski definition) is 1. The van der Waals surface area contributed by atoms with Crippen LogP contribution in [0.25, 0.3) is 72.0 Å². The van der Waals surface area contributed by atoms with Crippen molar-refractivity contribution >= 4 is 38.9 Å². The highest BCUT2D eigenvalue weighted by Crippen LogP contribution is 2.51. The molecule has 0 atom stereocenters. The van der Waals surface area contributed by atoms with Crippen LogP contribution in [0.1, 0.15) is 25.0 Å². The zero-order valence-corrected chi connectivity index (χ0v) is 33.2. The van der Waals surface area contributed by atoms with E-state index in [0.29, 0.717) is 0 Å². The lowest BCUT2D eigenvalue weighted by Gasteiger charge is -2.28. The maximum Gasteiger partial charge on any atom is 0.0547 e. The van der Waals surface area contributed by atoms with E-state index in [1.807, 2.05) is 0 Å². The summed E-state index contributed by atoms with van der Waals surface area (Å²) in [6, 6.07) is 79.7. The van der Waals surface area contributed by atoms with Gasteiger partial charge in [-0.2, -0.15) is 0 Å². The Bertz CT molecular complexity index is 3150. The fraction of sp³-hybridized carbons (Fsp3) is 0.0526. The fourth-order valence-electron chi connectivity index (χ4n) is 9.55. The molecule has 11 rings (SSSR count). The van der Waals surface area contributed by atoms with Gasteiger partial charge < -0.3 is 9.47 Å². The lowest BCUT2D eigenvalue weighted by atomic mass is 9.82. The molecule has 10 aromatic rings. The van der Waals surface area contributed by atoms with E-state index in [4.69, 9.17) is 0 Å². The van der Waals surface area contributed by atoms with Crippen molar-refractivity contribution in [1.29, 1.82) is 0 Å². The predicted molar refractivity (Wildman–Crippen MR) is 249 cm³/mol. The molecule has 2 heteroatoms. The summed E-state index contributed by atoms with van der Waals surface area (Å²) in [4.78, 5) is 2.38. The Labute approximate surface area is 345 Å². The van der Waals surface area contributed by atoms with Gasteiger partial charge in [0.05, 0.1) is 16.7 Å². The van der Waals surface area contributed by atoms with E-state index in [-0.39, 0.29) is 5.41 Å². The fourth-order valence-corrected chi connectivity index (χ4v) is 9.55. The van der Waals surface area contributed by atoms with Crippen LogP contribution < -0.4 is 4.90 Å². The molecule has 0 amide bonds. The van der Waals surface area contributed by atoms with Crippen LogP contribution in [0.5, 0.6) is 0 Å². The summed E-state index contributed by atoms with van der Waals surface area (Å²) in [6.45, 7) is 4.70. The largest absolute Gasteiger partial charge is 0.310 e. The van der Waals surface area contributed by atoms with Gasteiger partial charge in [0.1, 0.15) is 0 Å². The van der Waals surface area contributed by atoms with Crippen LogP contribution >= 0.6 is 0 Å². The number of fused-ring (bicyclic) bond motifs is 6. The van der Waals surface area contributed by atoms with Crippen LogP contribution in [0.3, 0.4) is 0 Å². The monoisotopic (exact) mass is 754 g/mol. The van der Waals surface area contributed by atoms with E-state index in [1.165, 1.54) is 77.4 Å². The van der Waals surface area contributed by atoms with E-state index in [9.17, 15) is 0 Å². The van der Waals surface area contributed by atoms with Gasteiger partial charge in [-0.3, -0.25) is 0 Å². The molecule has 0 aliphatic heterocycles. The highest BCUT2D eigenvalue weighted by atomic mass is 15.1. The van der Waals surface area contributed by atoms with Gasteiger partial charge in [0, 0.05) is 38.8 Å². The van der Waals surface area contributed by atoms with Gasteiger partial charge in [0.25, 0.3) is 0 Å². The van der Waals surface area contributed by atoms with Crippen molar-refractivity contribution in [1.82, 2.24) is 4.57 Å². The van der Waals surface area contributed by atoms with Crippen molar-refractivity contribution in [3.8, 4) is 50.2 Å². The third-order valence-corrected chi connectivity index (χ3v) is 12.4. The maximum absolute atomic E-state index is 2.45. The number of rotatable bonds is 7. The Morgan fingerprint density at radius 2 is 0.881 bits per heavy atom. The summed E-state index contributed by atoms with van der Waals surface area (Å²) in [7, 11) is 0. The van der Waals surface area contributed by atoms with Crippen molar-refractivity contribution in [2.75, 3.05) is 4.90 Å². The van der Waals surface area contributed by atoms with Gasteiger partial charge in [-0.15, -0.1) is 0 Å². The quantitative estimate of drug-likeness (QED) is 0.157. The lowest BCUT2D eigenvalue weighted by molar-refractivity contribution is 0.660. The zero-order chi connectivity index (χ0) is 39.5. The minimum atomic E-state index is -0.0849. The first kappa shape index (κ1) is 34.8. The van der Waals surface area contributed by atoms with Gasteiger partial charge in [-0.1, -0.05) is 178 Å². The Morgan fingerprint density at radius 3 is 1.68 bits per heavy atom.